The Labute approximate surface area is 152 Å². The van der Waals surface area contributed by atoms with Crippen molar-refractivity contribution >= 4 is 21.8 Å². The maximum atomic E-state index is 14.0. The summed E-state index contributed by atoms with van der Waals surface area (Å²) in [5.41, 5.74) is 0.646. The van der Waals surface area contributed by atoms with E-state index in [-0.39, 0.29) is 16.0 Å². The number of ether oxygens (including phenoxy) is 1. The summed E-state index contributed by atoms with van der Waals surface area (Å²) in [6.45, 7) is 0.778. The zero-order valence-electron chi connectivity index (χ0n) is 13.9. The van der Waals surface area contributed by atoms with Crippen LogP contribution in [0.3, 0.4) is 0 Å². The minimum Gasteiger partial charge on any atom is -0.497 e. The molecule has 0 amide bonds. The van der Waals surface area contributed by atoms with Gasteiger partial charge in [-0.1, -0.05) is 24.3 Å². The first kappa shape index (κ1) is 18.2. The van der Waals surface area contributed by atoms with Crippen LogP contribution in [0.25, 0.3) is 0 Å². The van der Waals surface area contributed by atoms with E-state index in [1.165, 1.54) is 23.5 Å². The molecule has 2 aromatic carbocycles. The maximum absolute atomic E-state index is 14.0. The summed E-state index contributed by atoms with van der Waals surface area (Å²) in [7, 11) is -2.08. The molecule has 0 bridgehead atoms. The van der Waals surface area contributed by atoms with Crippen LogP contribution in [-0.4, -0.2) is 38.7 Å². The summed E-state index contributed by atoms with van der Waals surface area (Å²) in [5.74, 6) is 0.904. The molecule has 1 aliphatic rings. The van der Waals surface area contributed by atoms with Gasteiger partial charge >= 0.3 is 0 Å². The van der Waals surface area contributed by atoms with Gasteiger partial charge in [0.05, 0.1) is 12.0 Å². The second-order valence-electron chi connectivity index (χ2n) is 5.75. The van der Waals surface area contributed by atoms with Crippen molar-refractivity contribution in [1.29, 1.82) is 0 Å². The van der Waals surface area contributed by atoms with Crippen LogP contribution in [0.15, 0.2) is 53.4 Å². The minimum absolute atomic E-state index is 0.0355. The lowest BCUT2D eigenvalue weighted by molar-refractivity contribution is 0.410. The average Bonchev–Trinajstić information content (AvgIpc) is 2.89. The molecular weight excluding hydrogens is 361 g/mol. The monoisotopic (exact) mass is 381 g/mol. The molecule has 3 rings (SSSR count). The Balaban J connectivity index is 1.79. The number of methoxy groups -OCH3 is 1. The van der Waals surface area contributed by atoms with Crippen molar-refractivity contribution in [2.75, 3.05) is 26.0 Å². The van der Waals surface area contributed by atoms with Crippen LogP contribution in [0, 0.1) is 5.82 Å². The molecule has 2 aromatic rings. The van der Waals surface area contributed by atoms with Crippen molar-refractivity contribution < 1.29 is 17.5 Å². The Morgan fingerprint density at radius 3 is 2.72 bits per heavy atom. The lowest BCUT2D eigenvalue weighted by Gasteiger charge is -2.20. The summed E-state index contributed by atoms with van der Waals surface area (Å²) in [6.07, 6.45) is 0.578. The van der Waals surface area contributed by atoms with Gasteiger partial charge in [0.15, 0.2) is 0 Å². The summed E-state index contributed by atoms with van der Waals surface area (Å²) in [6, 6.07) is 13.2. The molecule has 0 saturated carbocycles. The Morgan fingerprint density at radius 2 is 1.96 bits per heavy atom. The van der Waals surface area contributed by atoms with Crippen LogP contribution in [-0.2, 0) is 10.0 Å². The molecule has 0 N–H and O–H groups in total. The Kier molecular flexibility index (Phi) is 5.66. The summed E-state index contributed by atoms with van der Waals surface area (Å²) >= 11 is 1.60. The molecule has 4 nitrogen and oxygen atoms in total. The molecular formula is C18H20FNO3S2. The Morgan fingerprint density at radius 1 is 1.16 bits per heavy atom. The fourth-order valence-corrected chi connectivity index (χ4v) is 5.75. The van der Waals surface area contributed by atoms with Crippen LogP contribution in [0.1, 0.15) is 17.2 Å². The maximum Gasteiger partial charge on any atom is 0.243 e. The van der Waals surface area contributed by atoms with Gasteiger partial charge in [0.1, 0.15) is 11.6 Å². The zero-order valence-corrected chi connectivity index (χ0v) is 15.5. The van der Waals surface area contributed by atoms with E-state index in [0.29, 0.717) is 36.6 Å². The zero-order chi connectivity index (χ0) is 17.9. The SMILES string of the molecule is COc1cccc(S(=O)(=O)N2CCSC(c3ccccc3F)CC2)c1. The fraction of sp³-hybridized carbons (Fsp3) is 0.333. The van der Waals surface area contributed by atoms with Gasteiger partial charge in [-0.2, -0.15) is 16.1 Å². The van der Waals surface area contributed by atoms with E-state index in [9.17, 15) is 12.8 Å². The van der Waals surface area contributed by atoms with Crippen molar-refractivity contribution in [3.8, 4) is 5.75 Å². The van der Waals surface area contributed by atoms with Crippen molar-refractivity contribution in [2.24, 2.45) is 0 Å². The number of nitrogens with zero attached hydrogens (tertiary/aromatic N) is 1. The summed E-state index contributed by atoms with van der Waals surface area (Å²) < 4.78 is 46.4. The number of hydrogen-bond donors (Lipinski definition) is 0. The van der Waals surface area contributed by atoms with Gasteiger partial charge in [-0.05, 0) is 24.6 Å². The minimum atomic E-state index is -3.59. The third-order valence-electron chi connectivity index (χ3n) is 4.23. The number of sulfonamides is 1. The van der Waals surface area contributed by atoms with Crippen LogP contribution in [0.2, 0.25) is 0 Å². The molecule has 7 heteroatoms. The lowest BCUT2D eigenvalue weighted by atomic mass is 10.1. The highest BCUT2D eigenvalue weighted by Crippen LogP contribution is 2.36. The average molecular weight is 381 g/mol. The van der Waals surface area contributed by atoms with E-state index < -0.39 is 10.0 Å². The molecule has 1 fully saturated rings. The van der Waals surface area contributed by atoms with Crippen molar-refractivity contribution in [1.82, 2.24) is 4.31 Å². The normalized spacial score (nSPS) is 19.4. The van der Waals surface area contributed by atoms with Gasteiger partial charge in [0.25, 0.3) is 0 Å². The van der Waals surface area contributed by atoms with E-state index in [0.717, 1.165) is 0 Å². The molecule has 1 atom stereocenters. The predicted molar refractivity (Wildman–Crippen MR) is 98.0 cm³/mol. The van der Waals surface area contributed by atoms with Crippen molar-refractivity contribution in [2.45, 2.75) is 16.6 Å². The second kappa shape index (κ2) is 7.76. The van der Waals surface area contributed by atoms with Crippen LogP contribution in [0.5, 0.6) is 5.75 Å². The highest BCUT2D eigenvalue weighted by Gasteiger charge is 2.29. The smallest absolute Gasteiger partial charge is 0.243 e. The van der Waals surface area contributed by atoms with Gasteiger partial charge in [-0.15, -0.1) is 0 Å². The Hall–Kier alpha value is -1.57. The Bertz CT molecular complexity index is 842. The lowest BCUT2D eigenvalue weighted by Crippen LogP contribution is -2.33. The molecule has 25 heavy (non-hydrogen) atoms. The molecule has 1 heterocycles. The first-order valence-corrected chi connectivity index (χ1v) is 10.5. The molecule has 1 aliphatic heterocycles. The van der Waals surface area contributed by atoms with E-state index >= 15 is 0 Å². The molecule has 1 unspecified atom stereocenters. The molecule has 0 radical (unpaired) electrons. The van der Waals surface area contributed by atoms with Gasteiger partial charge in [-0.25, -0.2) is 12.8 Å². The van der Waals surface area contributed by atoms with E-state index in [1.54, 1.807) is 42.1 Å². The van der Waals surface area contributed by atoms with E-state index in [2.05, 4.69) is 0 Å². The van der Waals surface area contributed by atoms with Crippen molar-refractivity contribution in [3.05, 3.63) is 59.9 Å². The predicted octanol–water partition coefficient (Wildman–Crippen LogP) is 3.70. The first-order valence-electron chi connectivity index (χ1n) is 8.02. The number of rotatable bonds is 4. The largest absolute Gasteiger partial charge is 0.497 e. The van der Waals surface area contributed by atoms with Gasteiger partial charge in [-0.3, -0.25) is 0 Å². The van der Waals surface area contributed by atoms with Crippen molar-refractivity contribution in [3.63, 3.8) is 0 Å². The quantitative estimate of drug-likeness (QED) is 0.810. The van der Waals surface area contributed by atoms with E-state index in [4.69, 9.17) is 4.74 Å². The molecule has 134 valence electrons. The number of thioether (sulfide) groups is 1. The standard InChI is InChI=1S/C18H20FNO3S2/c1-23-14-5-4-6-15(13-14)25(21,22)20-10-9-18(24-12-11-20)16-7-2-3-8-17(16)19/h2-8,13,18H,9-12H2,1H3. The number of benzene rings is 2. The summed E-state index contributed by atoms with van der Waals surface area (Å²) in [4.78, 5) is 0.223. The van der Waals surface area contributed by atoms with Gasteiger partial charge < -0.3 is 4.74 Å². The van der Waals surface area contributed by atoms with E-state index in [1.807, 2.05) is 6.07 Å². The number of hydrogen-bond acceptors (Lipinski definition) is 4. The van der Waals surface area contributed by atoms with Crippen LogP contribution >= 0.6 is 11.8 Å². The molecule has 0 aromatic heterocycles. The second-order valence-corrected chi connectivity index (χ2v) is 9.00. The molecule has 0 aliphatic carbocycles. The molecule has 0 spiro atoms. The van der Waals surface area contributed by atoms with Crippen LogP contribution in [0.4, 0.5) is 4.39 Å². The molecule has 1 saturated heterocycles. The summed E-state index contributed by atoms with van der Waals surface area (Å²) in [5, 5.41) is -0.0355. The topological polar surface area (TPSA) is 46.6 Å². The fourth-order valence-electron chi connectivity index (χ4n) is 2.89. The van der Waals surface area contributed by atoms with Gasteiger partial charge in [0.2, 0.25) is 10.0 Å². The third-order valence-corrected chi connectivity index (χ3v) is 7.44. The highest BCUT2D eigenvalue weighted by atomic mass is 32.2. The third kappa shape index (κ3) is 3.99. The van der Waals surface area contributed by atoms with Gasteiger partial charge in [0, 0.05) is 35.7 Å². The van der Waals surface area contributed by atoms with Crippen LogP contribution < -0.4 is 4.74 Å². The number of halogens is 1. The highest BCUT2D eigenvalue weighted by molar-refractivity contribution is 7.99. The first-order chi connectivity index (χ1) is 12.0.